The van der Waals surface area contributed by atoms with E-state index in [0.29, 0.717) is 27.7 Å². The van der Waals surface area contributed by atoms with Gasteiger partial charge in [-0.05, 0) is 55.3 Å². The highest BCUT2D eigenvalue weighted by atomic mass is 35.5. The molecule has 0 unspecified atom stereocenters. The summed E-state index contributed by atoms with van der Waals surface area (Å²) in [7, 11) is 1.51. The van der Waals surface area contributed by atoms with Crippen LogP contribution in [0.5, 0.6) is 5.75 Å². The van der Waals surface area contributed by atoms with Crippen LogP contribution >= 0.6 is 11.6 Å². The number of ether oxygens (including phenoxy) is 1. The van der Waals surface area contributed by atoms with Crippen molar-refractivity contribution >= 4 is 40.7 Å². The second kappa shape index (κ2) is 7.87. The summed E-state index contributed by atoms with van der Waals surface area (Å²) in [5.74, 6) is -0.495. The minimum atomic E-state index is -0.343. The summed E-state index contributed by atoms with van der Waals surface area (Å²) in [6, 6.07) is 11.4. The van der Waals surface area contributed by atoms with E-state index in [9.17, 15) is 14.4 Å². The third kappa shape index (κ3) is 3.60. The van der Waals surface area contributed by atoms with E-state index in [2.05, 4.69) is 5.32 Å². The molecule has 29 heavy (non-hydrogen) atoms. The van der Waals surface area contributed by atoms with Gasteiger partial charge in [-0.25, -0.2) is 0 Å². The molecule has 0 radical (unpaired) electrons. The molecule has 2 aromatic carbocycles. The van der Waals surface area contributed by atoms with Crippen molar-refractivity contribution in [2.45, 2.75) is 25.7 Å². The SMILES string of the molecule is COc1ccc(Cl)cc1NC(=O)c1ccc(N2C(=O)[C@H]3CCCC[C@H]3C2=O)cc1. The van der Waals surface area contributed by atoms with E-state index in [0.717, 1.165) is 25.7 Å². The minimum absolute atomic E-state index is 0.124. The number of anilines is 2. The Balaban J connectivity index is 1.52. The second-order valence-electron chi connectivity index (χ2n) is 7.35. The molecule has 1 saturated heterocycles. The molecule has 2 aromatic rings. The zero-order valence-electron chi connectivity index (χ0n) is 16.0. The molecule has 150 valence electrons. The van der Waals surface area contributed by atoms with Crippen molar-refractivity contribution in [3.63, 3.8) is 0 Å². The zero-order valence-corrected chi connectivity index (χ0v) is 16.7. The van der Waals surface area contributed by atoms with Crippen LogP contribution in [-0.2, 0) is 9.59 Å². The first-order valence-corrected chi connectivity index (χ1v) is 10.00. The molecule has 1 N–H and O–H groups in total. The number of benzene rings is 2. The molecule has 0 spiro atoms. The van der Waals surface area contributed by atoms with Gasteiger partial charge in [-0.3, -0.25) is 19.3 Å². The normalized spacial score (nSPS) is 21.1. The Morgan fingerprint density at radius 2 is 1.66 bits per heavy atom. The van der Waals surface area contributed by atoms with Crippen molar-refractivity contribution in [2.24, 2.45) is 11.8 Å². The van der Waals surface area contributed by atoms with Gasteiger partial charge < -0.3 is 10.1 Å². The van der Waals surface area contributed by atoms with E-state index in [-0.39, 0.29) is 29.6 Å². The lowest BCUT2D eigenvalue weighted by Crippen LogP contribution is -2.30. The Hall–Kier alpha value is -2.86. The lowest BCUT2D eigenvalue weighted by Gasteiger charge is -2.19. The lowest BCUT2D eigenvalue weighted by molar-refractivity contribution is -0.122. The first kappa shape index (κ1) is 19.5. The topological polar surface area (TPSA) is 75.7 Å². The Bertz CT molecular complexity index is 949. The van der Waals surface area contributed by atoms with Gasteiger partial charge in [-0.1, -0.05) is 24.4 Å². The highest BCUT2D eigenvalue weighted by Crippen LogP contribution is 2.40. The molecule has 4 rings (SSSR count). The number of amides is 3. The van der Waals surface area contributed by atoms with E-state index < -0.39 is 0 Å². The first-order valence-electron chi connectivity index (χ1n) is 9.62. The minimum Gasteiger partial charge on any atom is -0.495 e. The Morgan fingerprint density at radius 1 is 1.03 bits per heavy atom. The van der Waals surface area contributed by atoms with Gasteiger partial charge in [0.25, 0.3) is 5.91 Å². The molecule has 7 heteroatoms. The van der Waals surface area contributed by atoms with Crippen molar-refractivity contribution in [2.75, 3.05) is 17.3 Å². The number of halogens is 1. The van der Waals surface area contributed by atoms with Gasteiger partial charge in [0, 0.05) is 10.6 Å². The fourth-order valence-corrected chi connectivity index (χ4v) is 4.32. The highest BCUT2D eigenvalue weighted by molar-refractivity contribution is 6.31. The third-order valence-electron chi connectivity index (χ3n) is 5.64. The summed E-state index contributed by atoms with van der Waals surface area (Å²) in [5.41, 5.74) is 1.36. The fraction of sp³-hybridized carbons (Fsp3) is 0.318. The molecule has 6 nitrogen and oxygen atoms in total. The van der Waals surface area contributed by atoms with Crippen LogP contribution in [0, 0.1) is 11.8 Å². The average Bonchev–Trinajstić information content (AvgIpc) is 2.99. The van der Waals surface area contributed by atoms with Crippen LogP contribution in [0.2, 0.25) is 5.02 Å². The van der Waals surface area contributed by atoms with Gasteiger partial charge in [-0.15, -0.1) is 0 Å². The summed E-state index contributed by atoms with van der Waals surface area (Å²) < 4.78 is 5.24. The molecule has 1 saturated carbocycles. The van der Waals surface area contributed by atoms with E-state index in [1.165, 1.54) is 12.0 Å². The van der Waals surface area contributed by atoms with Gasteiger partial charge in [0.15, 0.2) is 0 Å². The average molecular weight is 413 g/mol. The van der Waals surface area contributed by atoms with Gasteiger partial charge in [0.05, 0.1) is 30.3 Å². The zero-order chi connectivity index (χ0) is 20.5. The van der Waals surface area contributed by atoms with Gasteiger partial charge in [-0.2, -0.15) is 0 Å². The largest absolute Gasteiger partial charge is 0.495 e. The van der Waals surface area contributed by atoms with Crippen LogP contribution in [0.4, 0.5) is 11.4 Å². The standard InChI is InChI=1S/C22H21ClN2O4/c1-29-19-11-8-14(23)12-18(19)24-20(26)13-6-9-15(10-7-13)25-21(27)16-4-2-3-5-17(16)22(25)28/h6-12,16-17H,2-5H2,1H3,(H,24,26)/t16-,17+. The number of imide groups is 1. The summed E-state index contributed by atoms with van der Waals surface area (Å²) in [5, 5.41) is 3.25. The van der Waals surface area contributed by atoms with Gasteiger partial charge >= 0.3 is 0 Å². The maximum absolute atomic E-state index is 12.7. The predicted molar refractivity (Wildman–Crippen MR) is 110 cm³/mol. The number of nitrogens with zero attached hydrogens (tertiary/aromatic N) is 1. The number of carbonyl (C=O) groups is 3. The molecule has 2 fully saturated rings. The number of rotatable bonds is 4. The Morgan fingerprint density at radius 3 is 2.24 bits per heavy atom. The van der Waals surface area contributed by atoms with Crippen LogP contribution in [0.1, 0.15) is 36.0 Å². The Labute approximate surface area is 173 Å². The second-order valence-corrected chi connectivity index (χ2v) is 7.79. The monoisotopic (exact) mass is 412 g/mol. The maximum atomic E-state index is 12.7. The number of nitrogens with one attached hydrogen (secondary N) is 1. The molecule has 1 aliphatic heterocycles. The maximum Gasteiger partial charge on any atom is 0.255 e. The molecule has 1 aliphatic carbocycles. The molecule has 0 bridgehead atoms. The van der Waals surface area contributed by atoms with Crippen LogP contribution < -0.4 is 15.0 Å². The molecule has 2 atom stereocenters. The van der Waals surface area contributed by atoms with Crippen molar-refractivity contribution in [3.05, 3.63) is 53.1 Å². The molecular formula is C22H21ClN2O4. The van der Waals surface area contributed by atoms with E-state index in [1.807, 2.05) is 0 Å². The lowest BCUT2D eigenvalue weighted by atomic mass is 9.81. The number of fused-ring (bicyclic) bond motifs is 1. The quantitative estimate of drug-likeness (QED) is 0.760. The highest BCUT2D eigenvalue weighted by Gasteiger charge is 2.48. The van der Waals surface area contributed by atoms with Crippen LogP contribution in [-0.4, -0.2) is 24.8 Å². The Kier molecular flexibility index (Phi) is 5.28. The van der Waals surface area contributed by atoms with Crippen molar-refractivity contribution in [1.82, 2.24) is 0 Å². The molecule has 0 aromatic heterocycles. The smallest absolute Gasteiger partial charge is 0.255 e. The van der Waals surface area contributed by atoms with Gasteiger partial charge in [0.1, 0.15) is 5.75 Å². The van der Waals surface area contributed by atoms with Gasteiger partial charge in [0.2, 0.25) is 11.8 Å². The van der Waals surface area contributed by atoms with E-state index in [4.69, 9.17) is 16.3 Å². The summed E-state index contributed by atoms with van der Waals surface area (Å²) in [6.45, 7) is 0. The van der Waals surface area contributed by atoms with Crippen LogP contribution in [0.25, 0.3) is 0 Å². The van der Waals surface area contributed by atoms with E-state index >= 15 is 0 Å². The van der Waals surface area contributed by atoms with Crippen LogP contribution in [0.3, 0.4) is 0 Å². The summed E-state index contributed by atoms with van der Waals surface area (Å²) in [4.78, 5) is 39.3. The van der Waals surface area contributed by atoms with Crippen molar-refractivity contribution in [1.29, 1.82) is 0 Å². The van der Waals surface area contributed by atoms with Crippen LogP contribution in [0.15, 0.2) is 42.5 Å². The number of hydrogen-bond donors (Lipinski definition) is 1. The first-order chi connectivity index (χ1) is 14.0. The summed E-state index contributed by atoms with van der Waals surface area (Å²) >= 11 is 6.00. The van der Waals surface area contributed by atoms with Crippen molar-refractivity contribution in [3.8, 4) is 5.75 Å². The number of methoxy groups -OCH3 is 1. The van der Waals surface area contributed by atoms with E-state index in [1.54, 1.807) is 42.5 Å². The molecule has 3 amide bonds. The molecular weight excluding hydrogens is 392 g/mol. The molecule has 2 aliphatic rings. The molecule has 1 heterocycles. The summed E-state index contributed by atoms with van der Waals surface area (Å²) in [6.07, 6.45) is 3.52. The third-order valence-corrected chi connectivity index (χ3v) is 5.87. The fourth-order valence-electron chi connectivity index (χ4n) is 4.15. The van der Waals surface area contributed by atoms with Crippen molar-refractivity contribution < 1.29 is 19.1 Å². The predicted octanol–water partition coefficient (Wildman–Crippen LogP) is 4.28. The number of hydrogen-bond acceptors (Lipinski definition) is 4. The number of carbonyl (C=O) groups excluding carboxylic acids is 3.